The normalized spacial score (nSPS) is 16.5. The van der Waals surface area contributed by atoms with Gasteiger partial charge in [0.15, 0.2) is 9.84 Å². The molecule has 11 heteroatoms. The van der Waals surface area contributed by atoms with Gasteiger partial charge in [0.1, 0.15) is 0 Å². The van der Waals surface area contributed by atoms with E-state index in [1.165, 1.54) is 31.4 Å². The first-order valence-corrected chi connectivity index (χ1v) is 14.9. The summed E-state index contributed by atoms with van der Waals surface area (Å²) in [4.78, 5) is 45.3. The molecule has 2 aliphatic heterocycles. The number of nitrogens with one attached hydrogen (secondary N) is 2. The number of methoxy groups -OCH3 is 1. The number of carbonyl (C=O) groups excluding carboxylic acids is 3. The number of piperazine rings is 1. The highest BCUT2D eigenvalue weighted by atomic mass is 32.2. The number of H-pyrrole nitrogens is 1. The predicted octanol–water partition coefficient (Wildman–Crippen LogP) is 3.27. The van der Waals surface area contributed by atoms with Gasteiger partial charge in [-0.05, 0) is 68.4 Å². The molecule has 41 heavy (non-hydrogen) atoms. The lowest BCUT2D eigenvalue weighted by atomic mass is 10.0. The summed E-state index contributed by atoms with van der Waals surface area (Å²) in [5.74, 6) is -1.18. The van der Waals surface area contributed by atoms with Crippen molar-refractivity contribution in [2.45, 2.75) is 24.5 Å². The molecule has 1 fully saturated rings. The SMILES string of the molecule is COC(=O)c1ccc(CS(=O)(=O)c2ccc3c(c2)C(=Cc2[nH]c(C)c(C(=O)N4CCN(C)CC4)c2C)C(=O)N3)cc1. The number of ether oxygens (including phenoxy) is 1. The summed E-state index contributed by atoms with van der Waals surface area (Å²) < 4.78 is 31.3. The molecule has 1 saturated heterocycles. The van der Waals surface area contributed by atoms with E-state index in [4.69, 9.17) is 0 Å². The van der Waals surface area contributed by atoms with Gasteiger partial charge in [-0.15, -0.1) is 0 Å². The average Bonchev–Trinajstić information content (AvgIpc) is 3.41. The molecule has 2 aromatic carbocycles. The molecule has 2 N–H and O–H groups in total. The lowest BCUT2D eigenvalue weighted by Crippen LogP contribution is -2.47. The number of esters is 1. The summed E-state index contributed by atoms with van der Waals surface area (Å²) in [6.07, 6.45) is 1.67. The van der Waals surface area contributed by atoms with E-state index < -0.39 is 15.8 Å². The van der Waals surface area contributed by atoms with Crippen LogP contribution in [0.3, 0.4) is 0 Å². The minimum atomic E-state index is -3.77. The number of amides is 2. The van der Waals surface area contributed by atoms with Crippen molar-refractivity contribution in [1.82, 2.24) is 14.8 Å². The number of hydrogen-bond acceptors (Lipinski definition) is 7. The number of aromatic nitrogens is 1. The van der Waals surface area contributed by atoms with Crippen molar-refractivity contribution in [3.63, 3.8) is 0 Å². The molecule has 0 aliphatic carbocycles. The Labute approximate surface area is 238 Å². The molecule has 0 unspecified atom stereocenters. The molecule has 2 amide bonds. The Hall–Kier alpha value is -4.22. The molecule has 0 atom stereocenters. The Balaban J connectivity index is 1.43. The third-order valence-corrected chi connectivity index (χ3v) is 9.32. The molecule has 2 aliphatic rings. The maximum absolute atomic E-state index is 13.3. The summed E-state index contributed by atoms with van der Waals surface area (Å²) in [5.41, 5.74) is 4.79. The van der Waals surface area contributed by atoms with Crippen LogP contribution in [0, 0.1) is 13.8 Å². The van der Waals surface area contributed by atoms with Gasteiger partial charge in [-0.1, -0.05) is 12.1 Å². The van der Waals surface area contributed by atoms with Crippen LogP contribution in [0.25, 0.3) is 11.6 Å². The molecule has 0 saturated carbocycles. The Morgan fingerprint density at radius 3 is 2.37 bits per heavy atom. The lowest BCUT2D eigenvalue weighted by molar-refractivity contribution is -0.110. The number of anilines is 1. The fraction of sp³-hybridized carbons (Fsp3) is 0.300. The molecule has 1 aromatic heterocycles. The van der Waals surface area contributed by atoms with Crippen molar-refractivity contribution in [3.8, 4) is 0 Å². The summed E-state index contributed by atoms with van der Waals surface area (Å²) in [6.45, 7) is 6.61. The van der Waals surface area contributed by atoms with Gasteiger partial charge in [0.2, 0.25) is 0 Å². The van der Waals surface area contributed by atoms with Crippen LogP contribution in [0.4, 0.5) is 5.69 Å². The molecule has 0 spiro atoms. The van der Waals surface area contributed by atoms with E-state index in [9.17, 15) is 22.8 Å². The summed E-state index contributed by atoms with van der Waals surface area (Å²) >= 11 is 0. The third kappa shape index (κ3) is 5.55. The fourth-order valence-corrected chi connectivity index (χ4v) is 6.58. The van der Waals surface area contributed by atoms with E-state index in [1.54, 1.807) is 24.3 Å². The first kappa shape index (κ1) is 28.3. The zero-order valence-corrected chi connectivity index (χ0v) is 24.2. The zero-order chi connectivity index (χ0) is 29.5. The number of aromatic amines is 1. The van der Waals surface area contributed by atoms with Crippen molar-refractivity contribution in [2.24, 2.45) is 0 Å². The molecule has 0 bridgehead atoms. The quantitative estimate of drug-likeness (QED) is 0.340. The lowest BCUT2D eigenvalue weighted by Gasteiger charge is -2.32. The summed E-state index contributed by atoms with van der Waals surface area (Å²) in [6, 6.07) is 10.7. The minimum absolute atomic E-state index is 0.0433. The van der Waals surface area contributed by atoms with Gasteiger partial charge in [-0.3, -0.25) is 9.59 Å². The van der Waals surface area contributed by atoms with Crippen molar-refractivity contribution in [2.75, 3.05) is 45.7 Å². The van der Waals surface area contributed by atoms with Crippen LogP contribution in [0.15, 0.2) is 47.4 Å². The van der Waals surface area contributed by atoms with E-state index in [0.717, 1.165) is 18.7 Å². The van der Waals surface area contributed by atoms with E-state index in [2.05, 4.69) is 19.9 Å². The largest absolute Gasteiger partial charge is 0.465 e. The van der Waals surface area contributed by atoms with E-state index in [-0.39, 0.29) is 22.5 Å². The molecule has 3 heterocycles. The van der Waals surface area contributed by atoms with E-state index in [1.807, 2.05) is 25.8 Å². The van der Waals surface area contributed by atoms with Crippen LogP contribution in [-0.4, -0.2) is 81.3 Å². The fourth-order valence-electron chi connectivity index (χ4n) is 5.21. The molecular weight excluding hydrogens is 544 g/mol. The van der Waals surface area contributed by atoms with Crippen LogP contribution in [-0.2, 0) is 25.1 Å². The van der Waals surface area contributed by atoms with Crippen molar-refractivity contribution >= 4 is 45.0 Å². The van der Waals surface area contributed by atoms with Gasteiger partial charge in [0, 0.05) is 48.8 Å². The van der Waals surface area contributed by atoms with Crippen molar-refractivity contribution < 1.29 is 27.5 Å². The highest BCUT2D eigenvalue weighted by molar-refractivity contribution is 7.90. The maximum atomic E-state index is 13.3. The zero-order valence-electron chi connectivity index (χ0n) is 23.4. The number of rotatable bonds is 6. The van der Waals surface area contributed by atoms with Gasteiger partial charge in [-0.25, -0.2) is 13.2 Å². The second kappa shape index (κ2) is 11.0. The molecule has 0 radical (unpaired) electrons. The van der Waals surface area contributed by atoms with Gasteiger partial charge >= 0.3 is 5.97 Å². The van der Waals surface area contributed by atoms with Crippen molar-refractivity contribution in [3.05, 3.63) is 81.7 Å². The minimum Gasteiger partial charge on any atom is -0.465 e. The number of nitrogens with zero attached hydrogens (tertiary/aromatic N) is 2. The second-order valence-corrected chi connectivity index (χ2v) is 12.4. The highest BCUT2D eigenvalue weighted by Gasteiger charge is 2.29. The number of sulfone groups is 1. The number of aryl methyl sites for hydroxylation is 1. The van der Waals surface area contributed by atoms with Crippen molar-refractivity contribution in [1.29, 1.82) is 0 Å². The highest BCUT2D eigenvalue weighted by Crippen LogP contribution is 2.36. The number of benzene rings is 2. The number of fused-ring (bicyclic) bond motifs is 1. The summed E-state index contributed by atoms with van der Waals surface area (Å²) in [5, 5.41) is 2.80. The third-order valence-electron chi connectivity index (χ3n) is 7.63. The van der Waals surface area contributed by atoms with Crippen LogP contribution >= 0.6 is 0 Å². The Bertz CT molecular complexity index is 1680. The number of carbonyl (C=O) groups is 3. The van der Waals surface area contributed by atoms with Crippen LogP contribution < -0.4 is 5.32 Å². The van der Waals surface area contributed by atoms with Gasteiger partial charge in [0.05, 0.1) is 34.5 Å². The first-order valence-electron chi connectivity index (χ1n) is 13.2. The monoisotopic (exact) mass is 576 g/mol. The van der Waals surface area contributed by atoms with E-state index >= 15 is 0 Å². The Morgan fingerprint density at radius 2 is 1.71 bits per heavy atom. The standard InChI is InChI=1S/C30H32N4O6S/c1-18-26(31-19(2)27(18)29(36)34-13-11-33(3)12-14-34)16-24-23-15-22(9-10-25(23)32-28(24)35)41(38,39)17-20-5-7-21(8-6-20)30(37)40-4/h5-10,15-16,31H,11-14,17H2,1-4H3,(H,32,35). The topological polar surface area (TPSA) is 129 Å². The molecule has 5 rings (SSSR count). The van der Waals surface area contributed by atoms with Crippen LogP contribution in [0.2, 0.25) is 0 Å². The number of hydrogen-bond donors (Lipinski definition) is 2. The smallest absolute Gasteiger partial charge is 0.337 e. The van der Waals surface area contributed by atoms with Gasteiger partial charge < -0.3 is 24.8 Å². The van der Waals surface area contributed by atoms with Crippen LogP contribution in [0.1, 0.15) is 48.8 Å². The molecule has 3 aromatic rings. The van der Waals surface area contributed by atoms with Gasteiger partial charge in [0.25, 0.3) is 11.8 Å². The Morgan fingerprint density at radius 1 is 1.02 bits per heavy atom. The van der Waals surface area contributed by atoms with Crippen LogP contribution in [0.5, 0.6) is 0 Å². The molecular formula is C30H32N4O6S. The first-order chi connectivity index (χ1) is 19.5. The second-order valence-electron chi connectivity index (χ2n) is 10.4. The Kier molecular flexibility index (Phi) is 7.58. The summed E-state index contributed by atoms with van der Waals surface area (Å²) in [7, 11) is -0.458. The predicted molar refractivity (Wildman–Crippen MR) is 155 cm³/mol. The van der Waals surface area contributed by atoms with Gasteiger partial charge in [-0.2, -0.15) is 0 Å². The maximum Gasteiger partial charge on any atom is 0.337 e. The molecule has 214 valence electrons. The number of likely N-dealkylation sites (N-methyl/N-ethyl adjacent to an activating group) is 1. The average molecular weight is 577 g/mol. The van der Waals surface area contributed by atoms with E-state index in [0.29, 0.717) is 58.0 Å². The molecule has 10 nitrogen and oxygen atoms in total.